The number of aromatic nitrogens is 2. The number of hydrogen-bond acceptors (Lipinski definition) is 6. The standard InChI is InChI=1S/C24H29N5O4S/c1-4-28(16-22-25-20-10-6-5-9-18(20)23(30)26-22)24(31)19-15-17(34(32,33)27(2)3)11-12-21(19)29-13-7-8-14-29/h5-6,9-12,15H,4,7-8,13-14,16H2,1-3H3,(H,25,26,30). The molecule has 0 radical (unpaired) electrons. The first-order chi connectivity index (χ1) is 16.2. The Morgan fingerprint density at radius 2 is 1.82 bits per heavy atom. The van der Waals surface area contributed by atoms with Crippen molar-refractivity contribution in [1.29, 1.82) is 0 Å². The van der Waals surface area contributed by atoms with Crippen molar-refractivity contribution >= 4 is 32.5 Å². The number of carbonyl (C=O) groups excluding carboxylic acids is 1. The number of nitrogens with zero attached hydrogens (tertiary/aromatic N) is 4. The van der Waals surface area contributed by atoms with E-state index in [4.69, 9.17) is 0 Å². The highest BCUT2D eigenvalue weighted by molar-refractivity contribution is 7.89. The number of carbonyl (C=O) groups is 1. The first-order valence-corrected chi connectivity index (χ1v) is 12.7. The number of para-hydroxylation sites is 1. The number of benzene rings is 2. The third-order valence-electron chi connectivity index (χ3n) is 6.10. The van der Waals surface area contributed by atoms with E-state index in [1.54, 1.807) is 41.3 Å². The van der Waals surface area contributed by atoms with Gasteiger partial charge < -0.3 is 14.8 Å². The van der Waals surface area contributed by atoms with E-state index >= 15 is 0 Å². The molecular formula is C24H29N5O4S. The van der Waals surface area contributed by atoms with Crippen molar-refractivity contribution in [3.8, 4) is 0 Å². The molecule has 1 saturated heterocycles. The Balaban J connectivity index is 1.74. The molecule has 9 nitrogen and oxygen atoms in total. The normalized spacial score (nSPS) is 14.2. The van der Waals surface area contributed by atoms with Gasteiger partial charge in [-0.1, -0.05) is 12.1 Å². The largest absolute Gasteiger partial charge is 0.371 e. The zero-order valence-electron chi connectivity index (χ0n) is 19.6. The summed E-state index contributed by atoms with van der Waals surface area (Å²) in [6.07, 6.45) is 2.04. The zero-order valence-corrected chi connectivity index (χ0v) is 20.4. The molecule has 0 saturated carbocycles. The maximum Gasteiger partial charge on any atom is 0.258 e. The van der Waals surface area contributed by atoms with Gasteiger partial charge in [-0.3, -0.25) is 9.59 Å². The maximum absolute atomic E-state index is 13.7. The minimum atomic E-state index is -3.71. The Labute approximate surface area is 199 Å². The molecule has 1 aromatic heterocycles. The van der Waals surface area contributed by atoms with Crippen molar-refractivity contribution in [2.45, 2.75) is 31.2 Å². The lowest BCUT2D eigenvalue weighted by Crippen LogP contribution is -2.34. The molecule has 10 heteroatoms. The molecule has 0 aliphatic carbocycles. The van der Waals surface area contributed by atoms with E-state index in [1.165, 1.54) is 20.2 Å². The maximum atomic E-state index is 13.7. The number of H-pyrrole nitrogens is 1. The third-order valence-corrected chi connectivity index (χ3v) is 7.91. The van der Waals surface area contributed by atoms with Gasteiger partial charge in [0.2, 0.25) is 10.0 Å². The van der Waals surface area contributed by atoms with Crippen LogP contribution in [0.15, 0.2) is 52.2 Å². The van der Waals surface area contributed by atoms with Crippen LogP contribution in [0.2, 0.25) is 0 Å². The van der Waals surface area contributed by atoms with E-state index in [2.05, 4.69) is 14.9 Å². The van der Waals surface area contributed by atoms with Crippen LogP contribution in [0.1, 0.15) is 35.9 Å². The summed E-state index contributed by atoms with van der Waals surface area (Å²) in [6, 6.07) is 11.8. The molecule has 0 spiro atoms. The predicted octanol–water partition coefficient (Wildman–Crippen LogP) is 2.44. The second kappa shape index (κ2) is 9.55. The van der Waals surface area contributed by atoms with Gasteiger partial charge in [-0.05, 0) is 50.1 Å². The van der Waals surface area contributed by atoms with Crippen molar-refractivity contribution in [3.63, 3.8) is 0 Å². The summed E-state index contributed by atoms with van der Waals surface area (Å²) in [6.45, 7) is 3.92. The van der Waals surface area contributed by atoms with Gasteiger partial charge in [0.15, 0.2) is 0 Å². The minimum Gasteiger partial charge on any atom is -0.371 e. The average molecular weight is 484 g/mol. The second-order valence-electron chi connectivity index (χ2n) is 8.51. The minimum absolute atomic E-state index is 0.0667. The Bertz CT molecular complexity index is 1380. The SMILES string of the molecule is CCN(Cc1nc2ccccc2c(=O)[nH]1)C(=O)c1cc(S(=O)(=O)N(C)C)ccc1N1CCCC1. The van der Waals surface area contributed by atoms with Crippen LogP contribution in [0.5, 0.6) is 0 Å². The molecule has 1 aliphatic rings. The van der Waals surface area contributed by atoms with Gasteiger partial charge in [0.05, 0.1) is 27.9 Å². The molecule has 0 bridgehead atoms. The lowest BCUT2D eigenvalue weighted by molar-refractivity contribution is 0.0749. The van der Waals surface area contributed by atoms with Crippen molar-refractivity contribution in [3.05, 3.63) is 64.2 Å². The Morgan fingerprint density at radius 1 is 1.12 bits per heavy atom. The van der Waals surface area contributed by atoms with E-state index in [1.807, 2.05) is 6.92 Å². The fourth-order valence-electron chi connectivity index (χ4n) is 4.18. The van der Waals surface area contributed by atoms with E-state index in [9.17, 15) is 18.0 Å². The molecule has 2 aromatic carbocycles. The fourth-order valence-corrected chi connectivity index (χ4v) is 5.11. The Hall–Kier alpha value is -3.24. The van der Waals surface area contributed by atoms with Crippen molar-refractivity contribution < 1.29 is 13.2 Å². The molecule has 4 rings (SSSR count). The molecule has 1 fully saturated rings. The number of rotatable bonds is 7. The van der Waals surface area contributed by atoms with E-state index in [0.29, 0.717) is 28.8 Å². The molecule has 3 aromatic rings. The first kappa shape index (κ1) is 23.9. The zero-order chi connectivity index (χ0) is 24.5. The molecule has 0 atom stereocenters. The summed E-state index contributed by atoms with van der Waals surface area (Å²) in [5, 5.41) is 0.485. The van der Waals surface area contributed by atoms with Crippen molar-refractivity contribution in [2.24, 2.45) is 0 Å². The highest BCUT2D eigenvalue weighted by Crippen LogP contribution is 2.29. The number of sulfonamides is 1. The molecule has 2 heterocycles. The van der Waals surface area contributed by atoms with E-state index in [-0.39, 0.29) is 22.9 Å². The summed E-state index contributed by atoms with van der Waals surface area (Å²) in [5.41, 5.74) is 1.34. The highest BCUT2D eigenvalue weighted by Gasteiger charge is 2.27. The van der Waals surface area contributed by atoms with E-state index in [0.717, 1.165) is 35.9 Å². The van der Waals surface area contributed by atoms with Gasteiger partial charge in [0, 0.05) is 39.4 Å². The summed E-state index contributed by atoms with van der Waals surface area (Å²) in [5.74, 6) is 0.0645. The number of aromatic amines is 1. The van der Waals surface area contributed by atoms with Gasteiger partial charge >= 0.3 is 0 Å². The Kier molecular flexibility index (Phi) is 6.72. The summed E-state index contributed by atoms with van der Waals surface area (Å²) >= 11 is 0. The summed E-state index contributed by atoms with van der Waals surface area (Å²) < 4.78 is 26.7. The molecule has 0 unspecified atom stereocenters. The van der Waals surface area contributed by atoms with Crippen molar-refractivity contribution in [1.82, 2.24) is 19.2 Å². The lowest BCUT2D eigenvalue weighted by Gasteiger charge is -2.26. The molecule has 34 heavy (non-hydrogen) atoms. The van der Waals surface area contributed by atoms with Crippen LogP contribution in [-0.2, 0) is 16.6 Å². The van der Waals surface area contributed by atoms with Gasteiger partial charge in [0.25, 0.3) is 11.5 Å². The first-order valence-electron chi connectivity index (χ1n) is 11.3. The Morgan fingerprint density at radius 3 is 2.50 bits per heavy atom. The third kappa shape index (κ3) is 4.55. The molecule has 1 aliphatic heterocycles. The number of hydrogen-bond donors (Lipinski definition) is 1. The number of amides is 1. The number of fused-ring (bicyclic) bond motifs is 1. The predicted molar refractivity (Wildman–Crippen MR) is 132 cm³/mol. The van der Waals surface area contributed by atoms with Crippen LogP contribution >= 0.6 is 0 Å². The fraction of sp³-hybridized carbons (Fsp3) is 0.375. The smallest absolute Gasteiger partial charge is 0.258 e. The second-order valence-corrected chi connectivity index (χ2v) is 10.7. The van der Waals surface area contributed by atoms with Crippen LogP contribution in [-0.4, -0.2) is 67.2 Å². The van der Waals surface area contributed by atoms with Gasteiger partial charge in [-0.2, -0.15) is 0 Å². The topological polar surface area (TPSA) is 107 Å². The molecular weight excluding hydrogens is 454 g/mol. The lowest BCUT2D eigenvalue weighted by atomic mass is 10.1. The number of nitrogens with one attached hydrogen (secondary N) is 1. The van der Waals surface area contributed by atoms with Gasteiger partial charge in [0.1, 0.15) is 5.82 Å². The quantitative estimate of drug-likeness (QED) is 0.553. The van der Waals surface area contributed by atoms with Crippen LogP contribution in [0, 0.1) is 0 Å². The van der Waals surface area contributed by atoms with Gasteiger partial charge in [-0.15, -0.1) is 0 Å². The summed E-state index contributed by atoms with van der Waals surface area (Å²) in [4.78, 5) is 37.2. The van der Waals surface area contributed by atoms with Crippen LogP contribution in [0.25, 0.3) is 10.9 Å². The molecule has 1 N–H and O–H groups in total. The monoisotopic (exact) mass is 483 g/mol. The average Bonchev–Trinajstić information content (AvgIpc) is 3.36. The number of anilines is 1. The van der Waals surface area contributed by atoms with Crippen molar-refractivity contribution in [2.75, 3.05) is 38.6 Å². The molecule has 180 valence electrons. The van der Waals surface area contributed by atoms with Crippen LogP contribution in [0.3, 0.4) is 0 Å². The van der Waals surface area contributed by atoms with Gasteiger partial charge in [-0.25, -0.2) is 17.7 Å². The van der Waals surface area contributed by atoms with Crippen LogP contribution in [0.4, 0.5) is 5.69 Å². The highest BCUT2D eigenvalue weighted by atomic mass is 32.2. The summed E-state index contributed by atoms with van der Waals surface area (Å²) in [7, 11) is -0.783. The van der Waals surface area contributed by atoms with Crippen LogP contribution < -0.4 is 10.5 Å². The molecule has 1 amide bonds. The van der Waals surface area contributed by atoms with E-state index < -0.39 is 10.0 Å².